The van der Waals surface area contributed by atoms with Crippen LogP contribution in [0.25, 0.3) is 0 Å². The van der Waals surface area contributed by atoms with E-state index < -0.39 is 10.8 Å². The van der Waals surface area contributed by atoms with Crippen molar-refractivity contribution < 1.29 is 9.66 Å². The van der Waals surface area contributed by atoms with Gasteiger partial charge in [0.2, 0.25) is 11.6 Å². The molecule has 0 aliphatic heterocycles. The molecule has 1 unspecified atom stereocenters. The van der Waals surface area contributed by atoms with Gasteiger partial charge in [-0.15, -0.1) is 0 Å². The number of methoxy groups -OCH3 is 1. The summed E-state index contributed by atoms with van der Waals surface area (Å²) in [6.45, 7) is 1.81. The van der Waals surface area contributed by atoms with Gasteiger partial charge >= 0.3 is 5.69 Å². The zero-order valence-corrected chi connectivity index (χ0v) is 21.2. The summed E-state index contributed by atoms with van der Waals surface area (Å²) in [6.07, 6.45) is 1.22. The van der Waals surface area contributed by atoms with E-state index in [1.807, 2.05) is 0 Å². The molecular weight excluding hydrogens is 515 g/mol. The fourth-order valence-electron chi connectivity index (χ4n) is 3.74. The Hall–Kier alpha value is -4.39. The van der Waals surface area contributed by atoms with Gasteiger partial charge in [0.25, 0.3) is 0 Å². The number of nitrogens with one attached hydrogen (secondary N) is 2. The third-order valence-electron chi connectivity index (χ3n) is 5.58. The van der Waals surface area contributed by atoms with Crippen molar-refractivity contribution in [3.63, 3.8) is 0 Å². The van der Waals surface area contributed by atoms with Gasteiger partial charge in [0.1, 0.15) is 12.1 Å². The molecule has 0 bridgehead atoms. The van der Waals surface area contributed by atoms with Crippen LogP contribution in [0.1, 0.15) is 22.6 Å². The first-order valence-electron chi connectivity index (χ1n) is 10.9. The van der Waals surface area contributed by atoms with Crippen molar-refractivity contribution in [3.8, 4) is 11.8 Å². The second-order valence-electron chi connectivity index (χ2n) is 7.96. The number of nitriles is 1. The average molecular weight is 535 g/mol. The molecule has 0 aliphatic carbocycles. The van der Waals surface area contributed by atoms with Gasteiger partial charge in [0.15, 0.2) is 0 Å². The summed E-state index contributed by atoms with van der Waals surface area (Å²) < 4.78 is 5.21. The molecule has 0 radical (unpaired) electrons. The number of nitrogens with zero attached hydrogens (tertiary/aromatic N) is 4. The molecule has 0 aliphatic rings. The number of halogens is 2. The van der Waals surface area contributed by atoms with Crippen LogP contribution in [0.2, 0.25) is 10.0 Å². The molecule has 0 fully saturated rings. The predicted molar refractivity (Wildman–Crippen MR) is 143 cm³/mol. The molecule has 11 heteroatoms. The molecule has 2 N–H and O–H groups in total. The van der Waals surface area contributed by atoms with Gasteiger partial charge in [0, 0.05) is 27.5 Å². The van der Waals surface area contributed by atoms with E-state index in [-0.39, 0.29) is 17.3 Å². The molecule has 9 nitrogen and oxygen atoms in total. The minimum atomic E-state index is -0.621. The van der Waals surface area contributed by atoms with E-state index in [4.69, 9.17) is 27.9 Å². The summed E-state index contributed by atoms with van der Waals surface area (Å²) in [4.78, 5) is 19.6. The first kappa shape index (κ1) is 25.7. The topological polar surface area (TPSA) is 126 Å². The zero-order valence-electron chi connectivity index (χ0n) is 19.7. The number of aryl methyl sites for hydroxylation is 1. The number of aromatic nitrogens is 2. The van der Waals surface area contributed by atoms with Crippen LogP contribution in [-0.2, 0) is 0 Å². The number of hydrogen-bond donors (Lipinski definition) is 2. The fraction of sp³-hybridized carbons (Fsp3) is 0.115. The van der Waals surface area contributed by atoms with Gasteiger partial charge in [0.05, 0.1) is 24.0 Å². The maximum atomic E-state index is 12.0. The van der Waals surface area contributed by atoms with Gasteiger partial charge < -0.3 is 15.4 Å². The van der Waals surface area contributed by atoms with E-state index >= 15 is 0 Å². The van der Waals surface area contributed by atoms with Crippen LogP contribution in [0.15, 0.2) is 67.0 Å². The molecule has 1 atom stereocenters. The summed E-state index contributed by atoms with van der Waals surface area (Å²) in [5.41, 5.74) is 2.77. The van der Waals surface area contributed by atoms with Crippen molar-refractivity contribution in [1.29, 1.82) is 5.26 Å². The largest absolute Gasteiger partial charge is 0.497 e. The highest BCUT2D eigenvalue weighted by molar-refractivity contribution is 6.32. The number of ether oxygens (including phenoxy) is 1. The van der Waals surface area contributed by atoms with Gasteiger partial charge in [-0.1, -0.05) is 47.5 Å². The Morgan fingerprint density at radius 1 is 1.05 bits per heavy atom. The summed E-state index contributed by atoms with van der Waals surface area (Å²) >= 11 is 12.6. The number of hydrogen-bond acceptors (Lipinski definition) is 8. The standard InChI is InChI=1S/C26H20Cl2N6O3/c1-15-10-20(21(13-29)16-6-8-17(27)9-7-16)22(28)12-23(15)33-26-24(34(35)36)25(30-14-31-26)32-18-4-3-5-19(11-18)37-2/h3-12,14,21H,1-2H3,(H2,30,31,32,33). The quantitative estimate of drug-likeness (QED) is 0.180. The van der Waals surface area contributed by atoms with E-state index in [1.165, 1.54) is 13.4 Å². The second-order valence-corrected chi connectivity index (χ2v) is 8.80. The molecule has 0 amide bonds. The van der Waals surface area contributed by atoms with Gasteiger partial charge in [-0.25, -0.2) is 9.97 Å². The third-order valence-corrected chi connectivity index (χ3v) is 6.16. The van der Waals surface area contributed by atoms with Gasteiger partial charge in [-0.3, -0.25) is 10.1 Å². The highest BCUT2D eigenvalue weighted by Crippen LogP contribution is 2.38. The Bertz CT molecular complexity index is 1510. The zero-order chi connectivity index (χ0) is 26.5. The molecule has 0 saturated heterocycles. The van der Waals surface area contributed by atoms with Crippen molar-refractivity contribution >= 4 is 51.9 Å². The lowest BCUT2D eigenvalue weighted by molar-refractivity contribution is -0.383. The van der Waals surface area contributed by atoms with E-state index in [0.29, 0.717) is 38.3 Å². The van der Waals surface area contributed by atoms with Crippen LogP contribution in [0.5, 0.6) is 5.75 Å². The van der Waals surface area contributed by atoms with Gasteiger partial charge in [-0.05, 0) is 53.9 Å². The Kier molecular flexibility index (Phi) is 7.72. The molecule has 0 saturated carbocycles. The van der Waals surface area contributed by atoms with E-state index in [1.54, 1.807) is 67.6 Å². The molecule has 186 valence electrons. The van der Waals surface area contributed by atoms with Crippen molar-refractivity contribution in [2.75, 3.05) is 17.7 Å². The molecule has 1 aromatic heterocycles. The normalized spacial score (nSPS) is 11.3. The smallest absolute Gasteiger partial charge is 0.353 e. The van der Waals surface area contributed by atoms with Crippen LogP contribution in [0.3, 0.4) is 0 Å². The van der Waals surface area contributed by atoms with Crippen molar-refractivity contribution in [2.45, 2.75) is 12.8 Å². The number of benzene rings is 3. The molecule has 37 heavy (non-hydrogen) atoms. The fourth-order valence-corrected chi connectivity index (χ4v) is 4.14. The summed E-state index contributed by atoms with van der Waals surface area (Å²) in [5.74, 6) is -0.0560. The minimum absolute atomic E-state index is 0.00315. The number of rotatable bonds is 8. The van der Waals surface area contributed by atoms with Gasteiger partial charge in [-0.2, -0.15) is 5.26 Å². The summed E-state index contributed by atoms with van der Waals surface area (Å²) in [7, 11) is 1.53. The molecule has 1 heterocycles. The molecule has 3 aromatic carbocycles. The maximum Gasteiger partial charge on any atom is 0.353 e. The highest BCUT2D eigenvalue weighted by Gasteiger charge is 2.25. The lowest BCUT2D eigenvalue weighted by Crippen LogP contribution is -2.07. The Balaban J connectivity index is 1.68. The van der Waals surface area contributed by atoms with Crippen molar-refractivity contribution in [2.24, 2.45) is 0 Å². The minimum Gasteiger partial charge on any atom is -0.497 e. The summed E-state index contributed by atoms with van der Waals surface area (Å²) in [6, 6.07) is 19.6. The first-order chi connectivity index (χ1) is 17.8. The van der Waals surface area contributed by atoms with E-state index in [0.717, 1.165) is 5.56 Å². The van der Waals surface area contributed by atoms with E-state index in [2.05, 4.69) is 26.7 Å². The predicted octanol–water partition coefficient (Wildman–Crippen LogP) is 7.15. The van der Waals surface area contributed by atoms with Crippen molar-refractivity contribution in [1.82, 2.24) is 9.97 Å². The Morgan fingerprint density at radius 3 is 2.41 bits per heavy atom. The summed E-state index contributed by atoms with van der Waals surface area (Å²) in [5, 5.41) is 28.7. The average Bonchev–Trinajstić information content (AvgIpc) is 2.88. The molecular formula is C26H20Cl2N6O3. The number of anilines is 4. The van der Waals surface area contributed by atoms with Crippen LogP contribution in [0, 0.1) is 28.4 Å². The Labute approximate surface area is 222 Å². The number of nitro groups is 1. The lowest BCUT2D eigenvalue weighted by Gasteiger charge is -2.17. The second kappa shape index (κ2) is 11.1. The van der Waals surface area contributed by atoms with E-state index in [9.17, 15) is 15.4 Å². The molecule has 4 rings (SSSR count). The van der Waals surface area contributed by atoms with Crippen molar-refractivity contribution in [3.05, 3.63) is 104 Å². The SMILES string of the molecule is COc1cccc(Nc2ncnc(Nc3cc(Cl)c(C(C#N)c4ccc(Cl)cc4)cc3C)c2[N+](=O)[O-])c1. The third kappa shape index (κ3) is 5.72. The highest BCUT2D eigenvalue weighted by atomic mass is 35.5. The van der Waals surface area contributed by atoms with Crippen LogP contribution in [0.4, 0.5) is 28.7 Å². The molecule has 4 aromatic rings. The monoisotopic (exact) mass is 534 g/mol. The van der Waals surface area contributed by atoms with Crippen LogP contribution < -0.4 is 15.4 Å². The lowest BCUT2D eigenvalue weighted by atomic mass is 9.91. The Morgan fingerprint density at radius 2 is 1.76 bits per heavy atom. The van der Waals surface area contributed by atoms with Crippen LogP contribution >= 0.6 is 23.2 Å². The van der Waals surface area contributed by atoms with Crippen LogP contribution in [-0.4, -0.2) is 22.0 Å². The maximum absolute atomic E-state index is 12.0. The molecule has 0 spiro atoms. The first-order valence-corrected chi connectivity index (χ1v) is 11.7.